The standard InChI is InChI=1S/C22H38O12Si8/c1-35-23-36(16-2-3-16)26-39(19-8-9-19)28-37(24-35,17-4-5-17)30-41(21-12-13-21)31-38(25-35,18-6-7-18)29-40(27-36,20-10-11-20)33-42(32-39,34-41)22-14-15-22/h16-22H,2-15H2,1H3. The molecule has 0 amide bonds. The highest BCUT2D eigenvalue weighted by molar-refractivity contribution is 7.05. The van der Waals surface area contributed by atoms with Crippen molar-refractivity contribution in [2.45, 2.75) is 135 Å². The van der Waals surface area contributed by atoms with Crippen molar-refractivity contribution in [1.82, 2.24) is 0 Å². The van der Waals surface area contributed by atoms with Crippen LogP contribution in [0.5, 0.6) is 0 Å². The first kappa shape index (κ1) is 26.2. The van der Waals surface area contributed by atoms with E-state index in [0.29, 0.717) is 0 Å². The van der Waals surface area contributed by atoms with Crippen LogP contribution in [-0.4, -0.2) is 70.4 Å². The quantitative estimate of drug-likeness (QED) is 0.345. The molecule has 0 N–H and O–H groups in total. The van der Waals surface area contributed by atoms with Crippen LogP contribution >= 0.6 is 0 Å². The molecular formula is C22H38O12Si8. The molecule has 0 unspecified atom stereocenters. The van der Waals surface area contributed by atoms with Gasteiger partial charge in [-0.05, 0) is 89.9 Å². The van der Waals surface area contributed by atoms with Crippen molar-refractivity contribution in [2.24, 2.45) is 0 Å². The predicted molar refractivity (Wildman–Crippen MR) is 156 cm³/mol. The molecule has 230 valence electrons. The second-order valence-electron chi connectivity index (χ2n) is 15.2. The van der Waals surface area contributed by atoms with Crippen LogP contribution in [-0.2, 0) is 49.4 Å². The Bertz CT molecular complexity index is 1110. The monoisotopic (exact) mass is 718 g/mol. The van der Waals surface area contributed by atoms with Crippen molar-refractivity contribution >= 4 is 70.4 Å². The van der Waals surface area contributed by atoms with Gasteiger partial charge in [0.1, 0.15) is 0 Å². The first-order chi connectivity index (χ1) is 20.2. The van der Waals surface area contributed by atoms with Crippen LogP contribution < -0.4 is 0 Å². The Labute approximate surface area is 254 Å². The van der Waals surface area contributed by atoms with Crippen molar-refractivity contribution in [3.63, 3.8) is 0 Å². The molecule has 0 aromatic heterocycles. The zero-order valence-electron chi connectivity index (χ0n) is 23.8. The summed E-state index contributed by atoms with van der Waals surface area (Å²) in [4.78, 5) is 0. The molecule has 0 atom stereocenters. The third-order valence-corrected chi connectivity index (χ3v) is 50.5. The molecule has 0 aromatic rings. The van der Waals surface area contributed by atoms with Gasteiger partial charge in [-0.2, -0.15) is 0 Å². The maximum absolute atomic E-state index is 7.67. The summed E-state index contributed by atoms with van der Waals surface area (Å²) in [5.41, 5.74) is 1.12. The Kier molecular flexibility index (Phi) is 4.85. The van der Waals surface area contributed by atoms with Crippen LogP contribution in [0.25, 0.3) is 0 Å². The van der Waals surface area contributed by atoms with E-state index in [4.69, 9.17) is 49.4 Å². The third kappa shape index (κ3) is 3.60. The van der Waals surface area contributed by atoms with Crippen molar-refractivity contribution in [3.8, 4) is 0 Å². The molecule has 42 heavy (non-hydrogen) atoms. The lowest BCUT2D eigenvalue weighted by Crippen LogP contribution is -2.88. The first-order valence-corrected chi connectivity index (χ1v) is 31.5. The van der Waals surface area contributed by atoms with Crippen LogP contribution in [0.1, 0.15) is 89.9 Å². The van der Waals surface area contributed by atoms with Gasteiger partial charge >= 0.3 is 70.4 Å². The van der Waals surface area contributed by atoms with Crippen LogP contribution in [0.2, 0.25) is 45.3 Å². The normalized spacial score (nSPS) is 60.5. The van der Waals surface area contributed by atoms with Gasteiger partial charge in [0.2, 0.25) is 0 Å². The molecule has 0 radical (unpaired) electrons. The lowest BCUT2D eigenvalue weighted by molar-refractivity contribution is -0.0324. The van der Waals surface area contributed by atoms with Crippen molar-refractivity contribution in [1.29, 1.82) is 0 Å². The number of hydrogen-bond donors (Lipinski definition) is 0. The molecule has 20 heteroatoms. The van der Waals surface area contributed by atoms with Crippen molar-refractivity contribution in [3.05, 3.63) is 0 Å². The highest BCUT2D eigenvalue weighted by atomic mass is 28.6. The Morgan fingerprint density at radius 3 is 0.548 bits per heavy atom. The summed E-state index contributed by atoms with van der Waals surface area (Å²) in [7, 11) is -28.1. The summed E-state index contributed by atoms with van der Waals surface area (Å²) in [6.45, 7) is 2.02. The second kappa shape index (κ2) is 7.76. The fourth-order valence-corrected chi connectivity index (χ4v) is 61.5. The van der Waals surface area contributed by atoms with Crippen molar-refractivity contribution in [2.75, 3.05) is 0 Å². The summed E-state index contributed by atoms with van der Waals surface area (Å²) in [6.07, 6.45) is 13.9. The summed E-state index contributed by atoms with van der Waals surface area (Å²) in [5, 5.41) is 0. The molecular weight excluding hydrogens is 681 g/mol. The van der Waals surface area contributed by atoms with E-state index in [1.165, 1.54) is 0 Å². The molecule has 13 aliphatic rings. The second-order valence-corrected chi connectivity index (χ2v) is 40.9. The Morgan fingerprint density at radius 1 is 0.262 bits per heavy atom. The maximum atomic E-state index is 7.67. The zero-order chi connectivity index (χ0) is 27.4. The van der Waals surface area contributed by atoms with Gasteiger partial charge in [0.05, 0.1) is 0 Å². The minimum absolute atomic E-state index is 0.154. The van der Waals surface area contributed by atoms with E-state index < -0.39 is 70.4 Å². The minimum atomic E-state index is -3.52. The van der Waals surface area contributed by atoms with Crippen molar-refractivity contribution < 1.29 is 49.4 Å². The zero-order valence-corrected chi connectivity index (χ0v) is 31.8. The summed E-state index contributed by atoms with van der Waals surface area (Å²) < 4.78 is 90.9. The molecule has 12 nitrogen and oxygen atoms in total. The van der Waals surface area contributed by atoms with E-state index in [2.05, 4.69) is 0 Å². The molecule has 7 aliphatic carbocycles. The number of rotatable bonds is 7. The van der Waals surface area contributed by atoms with Crippen LogP contribution in [0, 0.1) is 0 Å². The molecule has 6 aliphatic heterocycles. The highest BCUT2D eigenvalue weighted by Crippen LogP contribution is 2.70. The molecule has 6 heterocycles. The number of hydrogen-bond acceptors (Lipinski definition) is 12. The van der Waals surface area contributed by atoms with Gasteiger partial charge in [0.15, 0.2) is 0 Å². The van der Waals surface area contributed by atoms with Crippen LogP contribution in [0.3, 0.4) is 0 Å². The minimum Gasteiger partial charge on any atom is -0.373 e. The van der Waals surface area contributed by atoms with Gasteiger partial charge in [-0.3, -0.25) is 0 Å². The molecule has 13 fully saturated rings. The summed E-state index contributed by atoms with van der Waals surface area (Å²) >= 11 is 0. The SMILES string of the molecule is C[Si]12O[Si]3(C4CC4)O[Si]4(C5CC5)O[Si](C5CC5)(O1)O[Si]1(C5CC5)O[Si](C5CC5)(O2)O[Si](C2CC2)(O3)O[Si](C2CC2)(O4)O1. The Morgan fingerprint density at radius 2 is 0.405 bits per heavy atom. The van der Waals surface area contributed by atoms with E-state index in [-0.39, 0.29) is 38.8 Å². The lowest BCUT2D eigenvalue weighted by Gasteiger charge is -2.63. The van der Waals surface area contributed by atoms with E-state index in [0.717, 1.165) is 89.9 Å². The predicted octanol–water partition coefficient (Wildman–Crippen LogP) is 4.54. The molecule has 8 bridgehead atoms. The van der Waals surface area contributed by atoms with Crippen LogP contribution in [0.15, 0.2) is 0 Å². The van der Waals surface area contributed by atoms with Crippen LogP contribution in [0.4, 0.5) is 0 Å². The first-order valence-electron chi connectivity index (χ1n) is 16.6. The topological polar surface area (TPSA) is 111 Å². The van der Waals surface area contributed by atoms with E-state index in [1.54, 1.807) is 0 Å². The molecule has 6 saturated heterocycles. The average molecular weight is 719 g/mol. The molecule has 0 aromatic carbocycles. The average Bonchev–Trinajstić information content (AvgIpc) is 3.71. The van der Waals surface area contributed by atoms with E-state index in [1.807, 2.05) is 6.55 Å². The molecule has 13 rings (SSSR count). The summed E-state index contributed by atoms with van der Waals surface area (Å²) in [5.74, 6) is 0. The highest BCUT2D eigenvalue weighted by Gasteiger charge is 2.90. The maximum Gasteiger partial charge on any atom is 0.482 e. The summed E-state index contributed by atoms with van der Waals surface area (Å²) in [6, 6.07) is 0. The third-order valence-electron chi connectivity index (χ3n) is 11.1. The Balaban J connectivity index is 1.17. The van der Waals surface area contributed by atoms with E-state index in [9.17, 15) is 0 Å². The van der Waals surface area contributed by atoms with Gasteiger partial charge in [-0.25, -0.2) is 0 Å². The van der Waals surface area contributed by atoms with Gasteiger partial charge in [0.25, 0.3) is 0 Å². The van der Waals surface area contributed by atoms with Gasteiger partial charge in [0, 0.05) is 45.3 Å². The van der Waals surface area contributed by atoms with Gasteiger partial charge in [-0.15, -0.1) is 0 Å². The smallest absolute Gasteiger partial charge is 0.373 e. The van der Waals surface area contributed by atoms with Gasteiger partial charge in [-0.1, -0.05) is 0 Å². The molecule has 7 saturated carbocycles. The van der Waals surface area contributed by atoms with E-state index >= 15 is 0 Å². The molecule has 0 spiro atoms. The fourth-order valence-electron chi connectivity index (χ4n) is 7.87. The lowest BCUT2D eigenvalue weighted by atomic mass is 11.0. The Hall–Kier alpha value is 1.26. The largest absolute Gasteiger partial charge is 0.482 e. The fraction of sp³-hybridized carbons (Fsp3) is 1.00. The van der Waals surface area contributed by atoms with Gasteiger partial charge < -0.3 is 49.4 Å².